The van der Waals surface area contributed by atoms with E-state index in [0.29, 0.717) is 15.7 Å². The van der Waals surface area contributed by atoms with Crippen molar-refractivity contribution in [1.82, 2.24) is 10.4 Å². The second-order valence-corrected chi connectivity index (χ2v) is 9.21. The fourth-order valence-corrected chi connectivity index (χ4v) is 4.60. The van der Waals surface area contributed by atoms with Gasteiger partial charge in [0.1, 0.15) is 5.52 Å². The maximum absolute atomic E-state index is 12.3. The number of aromatic nitrogens is 1. The number of fused-ring (bicyclic) bond motifs is 1. The van der Waals surface area contributed by atoms with Gasteiger partial charge in [-0.25, -0.2) is 13.4 Å². The molecule has 0 aliphatic heterocycles. The molecule has 9 heteroatoms. The molecule has 3 aromatic rings. The number of carbonyl (C=O) groups excluding carboxylic acids is 1. The molecule has 6 nitrogen and oxygen atoms in total. The average molecular weight is 410 g/mol. The molecule has 26 heavy (non-hydrogen) atoms. The highest BCUT2D eigenvalue weighted by Gasteiger charge is 2.16. The van der Waals surface area contributed by atoms with E-state index in [9.17, 15) is 13.2 Å². The van der Waals surface area contributed by atoms with Gasteiger partial charge in [-0.1, -0.05) is 46.7 Å². The molecule has 2 N–H and O–H groups in total. The van der Waals surface area contributed by atoms with Gasteiger partial charge in [0.2, 0.25) is 11.0 Å². The molecule has 1 amide bonds. The van der Waals surface area contributed by atoms with Gasteiger partial charge in [-0.05, 0) is 31.2 Å². The SMILES string of the molecule is Cc1ccc(S(=O)(=O)CCC(=O)NNc2nc3c(Cl)cccc3s2)cc1. The van der Waals surface area contributed by atoms with Gasteiger partial charge in [0.25, 0.3) is 0 Å². The van der Waals surface area contributed by atoms with E-state index in [1.807, 2.05) is 19.1 Å². The summed E-state index contributed by atoms with van der Waals surface area (Å²) in [6.07, 6.45) is -0.158. The molecular weight excluding hydrogens is 394 g/mol. The summed E-state index contributed by atoms with van der Waals surface area (Å²) in [4.78, 5) is 16.4. The van der Waals surface area contributed by atoms with E-state index in [-0.39, 0.29) is 17.1 Å². The van der Waals surface area contributed by atoms with Gasteiger partial charge in [-0.2, -0.15) is 0 Å². The molecule has 0 saturated heterocycles. The molecule has 2 aromatic carbocycles. The number of nitrogens with one attached hydrogen (secondary N) is 2. The van der Waals surface area contributed by atoms with E-state index >= 15 is 0 Å². The number of hydrogen-bond acceptors (Lipinski definition) is 6. The summed E-state index contributed by atoms with van der Waals surface area (Å²) in [7, 11) is -3.50. The minimum absolute atomic E-state index is 0.158. The van der Waals surface area contributed by atoms with Crippen molar-refractivity contribution in [3.63, 3.8) is 0 Å². The van der Waals surface area contributed by atoms with Gasteiger partial charge in [0.15, 0.2) is 9.84 Å². The van der Waals surface area contributed by atoms with Crippen LogP contribution in [-0.4, -0.2) is 25.1 Å². The quantitative estimate of drug-likeness (QED) is 0.607. The Bertz CT molecular complexity index is 1050. The van der Waals surface area contributed by atoms with Gasteiger partial charge in [0.05, 0.1) is 20.4 Å². The number of rotatable bonds is 6. The summed E-state index contributed by atoms with van der Waals surface area (Å²) < 4.78 is 25.4. The number of hydrazine groups is 1. The number of aryl methyl sites for hydroxylation is 1. The summed E-state index contributed by atoms with van der Waals surface area (Å²) in [6.45, 7) is 1.88. The van der Waals surface area contributed by atoms with Crippen LogP contribution < -0.4 is 10.9 Å². The Morgan fingerprint density at radius 3 is 2.62 bits per heavy atom. The Balaban J connectivity index is 1.56. The predicted octanol–water partition coefficient (Wildman–Crippen LogP) is 3.57. The molecule has 0 aliphatic carbocycles. The lowest BCUT2D eigenvalue weighted by atomic mass is 10.2. The highest BCUT2D eigenvalue weighted by molar-refractivity contribution is 7.91. The van der Waals surface area contributed by atoms with Gasteiger partial charge in [0, 0.05) is 6.42 Å². The first kappa shape index (κ1) is 18.6. The van der Waals surface area contributed by atoms with E-state index in [1.54, 1.807) is 30.3 Å². The molecule has 0 radical (unpaired) electrons. The van der Waals surface area contributed by atoms with Crippen molar-refractivity contribution < 1.29 is 13.2 Å². The third-order valence-electron chi connectivity index (χ3n) is 3.66. The lowest BCUT2D eigenvalue weighted by Crippen LogP contribution is -2.30. The first-order valence-electron chi connectivity index (χ1n) is 7.74. The molecule has 0 saturated carbocycles. The number of benzene rings is 2. The number of thiazole rings is 1. The van der Waals surface area contributed by atoms with Crippen LogP contribution in [0, 0.1) is 6.92 Å². The van der Waals surface area contributed by atoms with Crippen LogP contribution in [0.4, 0.5) is 5.13 Å². The Kier molecular flexibility index (Phi) is 5.45. The monoisotopic (exact) mass is 409 g/mol. The third-order valence-corrected chi connectivity index (χ3v) is 6.63. The second kappa shape index (κ2) is 7.61. The first-order valence-corrected chi connectivity index (χ1v) is 10.6. The van der Waals surface area contributed by atoms with Crippen LogP contribution in [0.15, 0.2) is 47.4 Å². The smallest absolute Gasteiger partial charge is 0.239 e. The van der Waals surface area contributed by atoms with Crippen molar-refractivity contribution in [3.8, 4) is 0 Å². The summed E-state index contributed by atoms with van der Waals surface area (Å²) in [5.41, 5.74) is 6.79. The van der Waals surface area contributed by atoms with Gasteiger partial charge >= 0.3 is 0 Å². The lowest BCUT2D eigenvalue weighted by Gasteiger charge is -2.07. The third kappa shape index (κ3) is 4.32. The summed E-state index contributed by atoms with van der Waals surface area (Å²) in [5.74, 6) is -0.707. The minimum atomic E-state index is -3.50. The topological polar surface area (TPSA) is 88.2 Å². The van der Waals surface area contributed by atoms with Crippen LogP contribution in [0.1, 0.15) is 12.0 Å². The van der Waals surface area contributed by atoms with Crippen molar-refractivity contribution in [1.29, 1.82) is 0 Å². The fourth-order valence-electron chi connectivity index (χ4n) is 2.24. The van der Waals surface area contributed by atoms with Crippen molar-refractivity contribution in [2.45, 2.75) is 18.2 Å². The standard InChI is InChI=1S/C17H16ClN3O3S2/c1-11-5-7-12(8-6-11)26(23,24)10-9-15(22)20-21-17-19-16-13(18)3-2-4-14(16)25-17/h2-8H,9-10H2,1H3,(H,19,21)(H,20,22). The number of amides is 1. The molecule has 1 heterocycles. The van der Waals surface area contributed by atoms with Crippen LogP contribution in [0.2, 0.25) is 5.02 Å². The van der Waals surface area contributed by atoms with Crippen LogP contribution in [-0.2, 0) is 14.6 Å². The molecule has 1 aromatic heterocycles. The van der Waals surface area contributed by atoms with Crippen LogP contribution >= 0.6 is 22.9 Å². The molecule has 136 valence electrons. The number of halogens is 1. The van der Waals surface area contributed by atoms with Crippen LogP contribution in [0.3, 0.4) is 0 Å². The minimum Gasteiger partial charge on any atom is -0.273 e. The fraction of sp³-hybridized carbons (Fsp3) is 0.176. The predicted molar refractivity (Wildman–Crippen MR) is 104 cm³/mol. The number of nitrogens with zero attached hydrogens (tertiary/aromatic N) is 1. The van der Waals surface area contributed by atoms with E-state index in [0.717, 1.165) is 10.3 Å². The van der Waals surface area contributed by atoms with Gasteiger partial charge < -0.3 is 0 Å². The normalized spacial score (nSPS) is 11.5. The molecule has 3 rings (SSSR count). The zero-order valence-electron chi connectivity index (χ0n) is 13.8. The Hall–Kier alpha value is -2.16. The van der Waals surface area contributed by atoms with Gasteiger partial charge in [-0.3, -0.25) is 15.6 Å². The van der Waals surface area contributed by atoms with E-state index in [4.69, 9.17) is 11.6 Å². The number of hydrogen-bond donors (Lipinski definition) is 2. The number of sulfone groups is 1. The Morgan fingerprint density at radius 1 is 1.19 bits per heavy atom. The number of carbonyl (C=O) groups is 1. The highest BCUT2D eigenvalue weighted by atomic mass is 35.5. The van der Waals surface area contributed by atoms with Gasteiger partial charge in [-0.15, -0.1) is 0 Å². The van der Waals surface area contributed by atoms with Crippen molar-refractivity contribution >= 4 is 54.0 Å². The van der Waals surface area contributed by atoms with E-state index < -0.39 is 15.7 Å². The van der Waals surface area contributed by atoms with E-state index in [1.165, 1.54) is 11.3 Å². The number of anilines is 1. The zero-order chi connectivity index (χ0) is 18.7. The summed E-state index contributed by atoms with van der Waals surface area (Å²) >= 11 is 7.40. The molecule has 0 bridgehead atoms. The first-order chi connectivity index (χ1) is 12.3. The Labute approximate surface area is 160 Å². The average Bonchev–Trinajstić information content (AvgIpc) is 3.03. The molecule has 0 fully saturated rings. The molecule has 0 aliphatic rings. The van der Waals surface area contributed by atoms with Crippen LogP contribution in [0.5, 0.6) is 0 Å². The number of para-hydroxylation sites is 1. The maximum Gasteiger partial charge on any atom is 0.239 e. The van der Waals surface area contributed by atoms with Crippen LogP contribution in [0.25, 0.3) is 10.2 Å². The highest BCUT2D eigenvalue weighted by Crippen LogP contribution is 2.30. The molecule has 0 spiro atoms. The largest absolute Gasteiger partial charge is 0.273 e. The molecule has 0 atom stereocenters. The zero-order valence-corrected chi connectivity index (χ0v) is 16.2. The Morgan fingerprint density at radius 2 is 1.92 bits per heavy atom. The van der Waals surface area contributed by atoms with E-state index in [2.05, 4.69) is 15.8 Å². The summed E-state index contributed by atoms with van der Waals surface area (Å²) in [6, 6.07) is 12.0. The summed E-state index contributed by atoms with van der Waals surface area (Å²) in [5, 5.41) is 1.00. The molecular formula is C17H16ClN3O3S2. The maximum atomic E-state index is 12.3. The second-order valence-electron chi connectivity index (χ2n) is 5.66. The molecule has 0 unspecified atom stereocenters. The van der Waals surface area contributed by atoms with Crippen molar-refractivity contribution in [3.05, 3.63) is 53.1 Å². The van der Waals surface area contributed by atoms with Crippen molar-refractivity contribution in [2.75, 3.05) is 11.2 Å². The van der Waals surface area contributed by atoms with Crippen molar-refractivity contribution in [2.24, 2.45) is 0 Å². The lowest BCUT2D eigenvalue weighted by molar-refractivity contribution is -0.120.